The van der Waals surface area contributed by atoms with Gasteiger partial charge in [0.25, 0.3) is 0 Å². The van der Waals surface area contributed by atoms with Gasteiger partial charge < -0.3 is 9.26 Å². The van der Waals surface area contributed by atoms with E-state index >= 15 is 0 Å². The minimum absolute atomic E-state index is 0.185. The van der Waals surface area contributed by atoms with Crippen molar-refractivity contribution in [3.05, 3.63) is 46.8 Å². The van der Waals surface area contributed by atoms with Crippen LogP contribution in [0.5, 0.6) is 5.75 Å². The van der Waals surface area contributed by atoms with E-state index in [1.54, 1.807) is 24.3 Å². The lowest BCUT2D eigenvalue weighted by atomic mass is 10.2. The molecule has 1 aromatic carbocycles. The van der Waals surface area contributed by atoms with Crippen LogP contribution in [0.25, 0.3) is 0 Å². The van der Waals surface area contributed by atoms with E-state index in [0.29, 0.717) is 28.4 Å². The summed E-state index contributed by atoms with van der Waals surface area (Å²) in [4.78, 5) is 10.8. The van der Waals surface area contributed by atoms with Crippen molar-refractivity contribution in [1.29, 1.82) is 0 Å². The zero-order valence-corrected chi connectivity index (χ0v) is 8.98. The van der Waals surface area contributed by atoms with Crippen molar-refractivity contribution in [1.82, 2.24) is 5.16 Å². The third-order valence-corrected chi connectivity index (χ3v) is 2.27. The van der Waals surface area contributed by atoms with E-state index in [4.69, 9.17) is 20.9 Å². The lowest BCUT2D eigenvalue weighted by Gasteiger charge is -2.07. The number of ether oxygens (including phenoxy) is 1. The van der Waals surface area contributed by atoms with E-state index in [9.17, 15) is 4.79 Å². The van der Waals surface area contributed by atoms with Crippen molar-refractivity contribution in [2.24, 2.45) is 0 Å². The van der Waals surface area contributed by atoms with E-state index in [0.717, 1.165) is 0 Å². The Labute approximate surface area is 96.8 Å². The molecule has 0 radical (unpaired) electrons. The number of aldehydes is 1. The van der Waals surface area contributed by atoms with Crippen LogP contribution in [0.4, 0.5) is 0 Å². The number of halogens is 1. The van der Waals surface area contributed by atoms with Gasteiger partial charge in [-0.1, -0.05) is 22.8 Å². The van der Waals surface area contributed by atoms with Crippen LogP contribution in [0.15, 0.2) is 35.0 Å². The number of para-hydroxylation sites is 1. The first kappa shape index (κ1) is 10.7. The van der Waals surface area contributed by atoms with Gasteiger partial charge in [-0.3, -0.25) is 4.79 Å². The highest BCUT2D eigenvalue weighted by molar-refractivity contribution is 6.32. The van der Waals surface area contributed by atoms with Crippen LogP contribution in [0.3, 0.4) is 0 Å². The van der Waals surface area contributed by atoms with Crippen molar-refractivity contribution in [2.45, 2.75) is 6.61 Å². The molecule has 0 fully saturated rings. The van der Waals surface area contributed by atoms with Crippen molar-refractivity contribution in [3.8, 4) is 5.75 Å². The van der Waals surface area contributed by atoms with Gasteiger partial charge in [-0.05, 0) is 12.1 Å². The van der Waals surface area contributed by atoms with Gasteiger partial charge in [-0.15, -0.1) is 0 Å². The van der Waals surface area contributed by atoms with E-state index in [1.807, 2.05) is 0 Å². The number of hydrogen-bond acceptors (Lipinski definition) is 4. The van der Waals surface area contributed by atoms with Crippen LogP contribution in [0.2, 0.25) is 5.02 Å². The van der Waals surface area contributed by atoms with Gasteiger partial charge in [0.05, 0.1) is 16.8 Å². The minimum atomic E-state index is 0.185. The molecule has 82 valence electrons. The zero-order chi connectivity index (χ0) is 11.4. The summed E-state index contributed by atoms with van der Waals surface area (Å²) in [6.45, 7) is 0.185. The molecule has 0 amide bonds. The highest BCUT2D eigenvalue weighted by Crippen LogP contribution is 2.28. The topological polar surface area (TPSA) is 52.3 Å². The Bertz CT molecular complexity index is 482. The van der Waals surface area contributed by atoms with Gasteiger partial charge in [-0.2, -0.15) is 0 Å². The number of carbonyl (C=O) groups excluding carboxylic acids is 1. The van der Waals surface area contributed by atoms with Crippen molar-refractivity contribution in [3.63, 3.8) is 0 Å². The first-order valence-corrected chi connectivity index (χ1v) is 4.95. The highest BCUT2D eigenvalue weighted by Gasteiger charge is 2.08. The maximum absolute atomic E-state index is 10.8. The molecule has 1 aromatic heterocycles. The maximum Gasteiger partial charge on any atom is 0.174 e. The molecule has 0 aliphatic rings. The standard InChI is InChI=1S/C11H8ClNO3/c12-10-3-1-2-8(6-14)11(10)15-7-9-4-5-13-16-9/h1-6H,7H2. The molecule has 0 atom stereocenters. The first-order valence-electron chi connectivity index (χ1n) is 4.57. The second-order valence-corrected chi connectivity index (χ2v) is 3.45. The van der Waals surface area contributed by atoms with Crippen molar-refractivity contribution in [2.75, 3.05) is 0 Å². The molecule has 0 aliphatic carbocycles. The largest absolute Gasteiger partial charge is 0.483 e. The molecule has 2 rings (SSSR count). The Morgan fingerprint density at radius 1 is 1.44 bits per heavy atom. The summed E-state index contributed by atoms with van der Waals surface area (Å²) >= 11 is 5.92. The summed E-state index contributed by atoms with van der Waals surface area (Å²) in [5.74, 6) is 0.923. The van der Waals surface area contributed by atoms with Crippen molar-refractivity contribution >= 4 is 17.9 Å². The number of rotatable bonds is 4. The van der Waals surface area contributed by atoms with Gasteiger partial charge in [0.2, 0.25) is 0 Å². The average molecular weight is 238 g/mol. The Morgan fingerprint density at radius 3 is 3.00 bits per heavy atom. The maximum atomic E-state index is 10.8. The molecular formula is C11H8ClNO3. The molecule has 5 heteroatoms. The van der Waals surface area contributed by atoms with Crippen LogP contribution >= 0.6 is 11.6 Å². The molecule has 0 saturated heterocycles. The molecule has 0 saturated carbocycles. The Hall–Kier alpha value is -1.81. The van der Waals surface area contributed by atoms with Gasteiger partial charge in [-0.25, -0.2) is 0 Å². The molecule has 0 aliphatic heterocycles. The van der Waals surface area contributed by atoms with Crippen LogP contribution < -0.4 is 4.74 Å². The molecule has 1 heterocycles. The number of nitrogens with zero attached hydrogens (tertiary/aromatic N) is 1. The number of benzene rings is 1. The second-order valence-electron chi connectivity index (χ2n) is 3.04. The fourth-order valence-electron chi connectivity index (χ4n) is 1.23. The summed E-state index contributed by atoms with van der Waals surface area (Å²) in [6, 6.07) is 6.66. The lowest BCUT2D eigenvalue weighted by Crippen LogP contribution is -1.97. The Balaban J connectivity index is 2.17. The average Bonchev–Trinajstić information content (AvgIpc) is 2.80. The summed E-state index contributed by atoms with van der Waals surface area (Å²) in [7, 11) is 0. The minimum Gasteiger partial charge on any atom is -0.483 e. The summed E-state index contributed by atoms with van der Waals surface area (Å²) < 4.78 is 10.3. The molecule has 0 N–H and O–H groups in total. The summed E-state index contributed by atoms with van der Waals surface area (Å²) in [5, 5.41) is 3.93. The number of hydrogen-bond donors (Lipinski definition) is 0. The molecule has 0 bridgehead atoms. The second kappa shape index (κ2) is 4.81. The molecular weight excluding hydrogens is 230 g/mol. The fraction of sp³-hybridized carbons (Fsp3) is 0.0909. The molecule has 16 heavy (non-hydrogen) atoms. The van der Waals surface area contributed by atoms with Gasteiger partial charge >= 0.3 is 0 Å². The SMILES string of the molecule is O=Cc1cccc(Cl)c1OCc1ccno1. The van der Waals surface area contributed by atoms with Crippen LogP contribution in [0.1, 0.15) is 16.1 Å². The molecule has 4 nitrogen and oxygen atoms in total. The van der Waals surface area contributed by atoms with E-state index < -0.39 is 0 Å². The summed E-state index contributed by atoms with van der Waals surface area (Å²) in [6.07, 6.45) is 2.22. The van der Waals surface area contributed by atoms with E-state index in [-0.39, 0.29) is 6.61 Å². The predicted molar refractivity (Wildman–Crippen MR) is 57.7 cm³/mol. The van der Waals surface area contributed by atoms with E-state index in [1.165, 1.54) is 6.20 Å². The molecule has 2 aromatic rings. The van der Waals surface area contributed by atoms with Crippen LogP contribution in [-0.2, 0) is 6.61 Å². The lowest BCUT2D eigenvalue weighted by molar-refractivity contribution is 0.111. The van der Waals surface area contributed by atoms with Crippen LogP contribution in [0, 0.1) is 0 Å². The first-order chi connectivity index (χ1) is 7.81. The smallest absolute Gasteiger partial charge is 0.174 e. The normalized spacial score (nSPS) is 10.1. The van der Waals surface area contributed by atoms with Crippen LogP contribution in [-0.4, -0.2) is 11.4 Å². The molecule has 0 unspecified atom stereocenters. The van der Waals surface area contributed by atoms with Gasteiger partial charge in [0.1, 0.15) is 12.4 Å². The number of carbonyl (C=O) groups is 1. The third-order valence-electron chi connectivity index (χ3n) is 1.97. The summed E-state index contributed by atoms with van der Waals surface area (Å²) in [5.41, 5.74) is 0.409. The Kier molecular flexibility index (Phi) is 3.22. The van der Waals surface area contributed by atoms with Gasteiger partial charge in [0, 0.05) is 6.07 Å². The predicted octanol–water partition coefficient (Wildman–Crippen LogP) is 2.72. The van der Waals surface area contributed by atoms with E-state index in [2.05, 4.69) is 5.16 Å². The monoisotopic (exact) mass is 237 g/mol. The number of aromatic nitrogens is 1. The molecule has 0 spiro atoms. The van der Waals surface area contributed by atoms with Crippen molar-refractivity contribution < 1.29 is 14.1 Å². The third kappa shape index (κ3) is 2.23. The highest BCUT2D eigenvalue weighted by atomic mass is 35.5. The zero-order valence-electron chi connectivity index (χ0n) is 8.22. The van der Waals surface area contributed by atoms with Gasteiger partial charge in [0.15, 0.2) is 12.0 Å². The Morgan fingerprint density at radius 2 is 2.31 bits per heavy atom. The quantitative estimate of drug-likeness (QED) is 0.768. The fourth-order valence-corrected chi connectivity index (χ4v) is 1.47.